The zero-order valence-electron chi connectivity index (χ0n) is 18.7. The lowest BCUT2D eigenvalue weighted by Crippen LogP contribution is -2.23. The third-order valence-electron chi connectivity index (χ3n) is 5.43. The normalized spacial score (nSPS) is 11.0. The van der Waals surface area contributed by atoms with E-state index in [4.69, 9.17) is 11.6 Å². The maximum absolute atomic E-state index is 13.0. The summed E-state index contributed by atoms with van der Waals surface area (Å²) in [7, 11) is 0. The van der Waals surface area contributed by atoms with E-state index in [2.05, 4.69) is 25.7 Å². The van der Waals surface area contributed by atoms with Crippen LogP contribution < -0.4 is 16.2 Å². The molecule has 4 aromatic rings. The molecule has 0 aliphatic rings. The first-order valence-corrected chi connectivity index (χ1v) is 11.0. The largest absolute Gasteiger partial charge is 0.351 e. The molecule has 2 aromatic carbocycles. The predicted octanol–water partition coefficient (Wildman–Crippen LogP) is 4.18. The minimum absolute atomic E-state index is 0.141. The van der Waals surface area contributed by atoms with E-state index in [1.807, 2.05) is 44.2 Å². The third-order valence-corrected chi connectivity index (χ3v) is 5.84. The lowest BCUT2D eigenvalue weighted by atomic mass is 10.1. The van der Waals surface area contributed by atoms with E-state index in [1.54, 1.807) is 19.1 Å². The SMILES string of the molecule is Cc1ccc(CNc2nc3nc(C)c(CCC(=O)Nc4ccc(C)c(Cl)c4)c(=O)n3[nH]2)cc1. The second-order valence-corrected chi connectivity index (χ2v) is 8.45. The second kappa shape index (κ2) is 9.46. The van der Waals surface area contributed by atoms with E-state index in [0.717, 1.165) is 11.1 Å². The summed E-state index contributed by atoms with van der Waals surface area (Å²) in [4.78, 5) is 34.2. The van der Waals surface area contributed by atoms with Gasteiger partial charge < -0.3 is 10.6 Å². The summed E-state index contributed by atoms with van der Waals surface area (Å²) >= 11 is 6.11. The number of fused-ring (bicyclic) bond motifs is 1. The fourth-order valence-corrected chi connectivity index (χ4v) is 3.63. The summed E-state index contributed by atoms with van der Waals surface area (Å²) in [6, 6.07) is 13.5. The third kappa shape index (κ3) is 5.23. The van der Waals surface area contributed by atoms with Gasteiger partial charge in [0, 0.05) is 29.2 Å². The van der Waals surface area contributed by atoms with Crippen LogP contribution in [0.2, 0.25) is 5.02 Å². The van der Waals surface area contributed by atoms with E-state index in [1.165, 1.54) is 10.1 Å². The molecule has 0 aliphatic carbocycles. The van der Waals surface area contributed by atoms with Crippen molar-refractivity contribution in [3.05, 3.63) is 85.8 Å². The quantitative estimate of drug-likeness (QED) is 0.380. The van der Waals surface area contributed by atoms with Crippen LogP contribution in [-0.4, -0.2) is 25.5 Å². The molecule has 33 heavy (non-hydrogen) atoms. The fraction of sp³-hybridized carbons (Fsp3) is 0.250. The molecule has 0 spiro atoms. The number of amides is 1. The second-order valence-electron chi connectivity index (χ2n) is 8.04. The van der Waals surface area contributed by atoms with Gasteiger partial charge in [-0.15, -0.1) is 0 Å². The average Bonchev–Trinajstić information content (AvgIpc) is 3.19. The fourth-order valence-electron chi connectivity index (χ4n) is 3.45. The molecule has 0 radical (unpaired) electrons. The van der Waals surface area contributed by atoms with Crippen molar-refractivity contribution in [3.8, 4) is 0 Å². The highest BCUT2D eigenvalue weighted by Crippen LogP contribution is 2.20. The van der Waals surface area contributed by atoms with E-state index in [9.17, 15) is 9.59 Å². The Bertz CT molecular complexity index is 1370. The van der Waals surface area contributed by atoms with Crippen molar-refractivity contribution in [2.24, 2.45) is 0 Å². The van der Waals surface area contributed by atoms with Gasteiger partial charge in [0.15, 0.2) is 0 Å². The average molecular weight is 465 g/mol. The standard InChI is InChI=1S/C24H25ClN6O2/c1-14-4-7-17(8-5-14)13-26-23-29-24-27-16(3)19(22(33)31(24)30-23)10-11-21(32)28-18-9-6-15(2)20(25)12-18/h4-9,12H,10-11,13H2,1-3H3,(H,28,32)(H2,26,27,29,30). The number of aromatic nitrogens is 4. The zero-order valence-corrected chi connectivity index (χ0v) is 19.5. The van der Waals surface area contributed by atoms with Crippen LogP contribution in [0.1, 0.15) is 34.4 Å². The number of rotatable bonds is 7. The molecule has 0 unspecified atom stereocenters. The molecule has 2 heterocycles. The van der Waals surface area contributed by atoms with Gasteiger partial charge in [-0.1, -0.05) is 47.5 Å². The Morgan fingerprint density at radius 2 is 1.85 bits per heavy atom. The molecule has 0 atom stereocenters. The number of hydrogen-bond donors (Lipinski definition) is 3. The molecule has 0 aliphatic heterocycles. The number of halogens is 1. The molecule has 0 saturated carbocycles. The number of H-pyrrole nitrogens is 1. The smallest absolute Gasteiger partial charge is 0.277 e. The number of nitrogens with zero attached hydrogens (tertiary/aromatic N) is 3. The van der Waals surface area contributed by atoms with E-state index < -0.39 is 0 Å². The highest BCUT2D eigenvalue weighted by molar-refractivity contribution is 6.31. The summed E-state index contributed by atoms with van der Waals surface area (Å²) in [6.45, 7) is 6.24. The lowest BCUT2D eigenvalue weighted by Gasteiger charge is -2.08. The van der Waals surface area contributed by atoms with Crippen molar-refractivity contribution in [2.45, 2.75) is 40.2 Å². The lowest BCUT2D eigenvalue weighted by molar-refractivity contribution is -0.116. The van der Waals surface area contributed by atoms with Crippen molar-refractivity contribution in [1.29, 1.82) is 0 Å². The summed E-state index contributed by atoms with van der Waals surface area (Å²) < 4.78 is 1.30. The first-order chi connectivity index (χ1) is 15.8. The molecule has 9 heteroatoms. The Kier molecular flexibility index (Phi) is 6.46. The van der Waals surface area contributed by atoms with Crippen molar-refractivity contribution in [3.63, 3.8) is 0 Å². The highest BCUT2D eigenvalue weighted by atomic mass is 35.5. The molecule has 8 nitrogen and oxygen atoms in total. The Morgan fingerprint density at radius 3 is 2.58 bits per heavy atom. The molecule has 0 bridgehead atoms. The highest BCUT2D eigenvalue weighted by Gasteiger charge is 2.15. The summed E-state index contributed by atoms with van der Waals surface area (Å²) in [5, 5.41) is 9.54. The summed E-state index contributed by atoms with van der Waals surface area (Å²) in [5.41, 5.74) is 4.61. The van der Waals surface area contributed by atoms with E-state index in [-0.39, 0.29) is 30.1 Å². The number of benzene rings is 2. The number of aryl methyl sites for hydroxylation is 3. The number of carbonyl (C=O) groups is 1. The van der Waals surface area contributed by atoms with E-state index >= 15 is 0 Å². The van der Waals surface area contributed by atoms with Crippen molar-refractivity contribution >= 4 is 34.9 Å². The van der Waals surface area contributed by atoms with Crippen LogP contribution in [0.15, 0.2) is 47.3 Å². The van der Waals surface area contributed by atoms with Gasteiger partial charge in [-0.25, -0.2) is 4.98 Å². The van der Waals surface area contributed by atoms with Crippen LogP contribution in [0, 0.1) is 20.8 Å². The number of aromatic amines is 1. The molecule has 0 fully saturated rings. The number of anilines is 2. The van der Waals surface area contributed by atoms with Gasteiger partial charge in [0.2, 0.25) is 11.9 Å². The van der Waals surface area contributed by atoms with Gasteiger partial charge in [0.05, 0.1) is 5.69 Å². The van der Waals surface area contributed by atoms with Crippen LogP contribution >= 0.6 is 11.6 Å². The van der Waals surface area contributed by atoms with Crippen LogP contribution in [0.4, 0.5) is 11.6 Å². The van der Waals surface area contributed by atoms with Gasteiger partial charge in [-0.05, 0) is 50.5 Å². The minimum Gasteiger partial charge on any atom is -0.351 e. The number of nitrogens with one attached hydrogen (secondary N) is 3. The summed E-state index contributed by atoms with van der Waals surface area (Å²) in [5.74, 6) is 0.529. The Labute approximate surface area is 196 Å². The first-order valence-electron chi connectivity index (χ1n) is 10.6. The van der Waals surface area contributed by atoms with Crippen LogP contribution in [0.3, 0.4) is 0 Å². The van der Waals surface area contributed by atoms with Gasteiger partial charge >= 0.3 is 0 Å². The van der Waals surface area contributed by atoms with Crippen LogP contribution in [0.25, 0.3) is 5.78 Å². The molecule has 2 aromatic heterocycles. The maximum Gasteiger partial charge on any atom is 0.277 e. The molecule has 170 valence electrons. The number of carbonyl (C=O) groups excluding carboxylic acids is 1. The zero-order chi connectivity index (χ0) is 23.5. The number of hydrogen-bond acceptors (Lipinski definition) is 5. The minimum atomic E-state index is -0.264. The van der Waals surface area contributed by atoms with Crippen LogP contribution in [-0.2, 0) is 17.8 Å². The van der Waals surface area contributed by atoms with Gasteiger partial charge in [-0.3, -0.25) is 14.7 Å². The van der Waals surface area contributed by atoms with Crippen LogP contribution in [0.5, 0.6) is 0 Å². The summed E-state index contributed by atoms with van der Waals surface area (Å²) in [6.07, 6.45) is 0.402. The molecule has 4 rings (SSSR count). The predicted molar refractivity (Wildman–Crippen MR) is 130 cm³/mol. The van der Waals surface area contributed by atoms with Crippen molar-refractivity contribution in [1.82, 2.24) is 19.6 Å². The molecular weight excluding hydrogens is 440 g/mol. The Morgan fingerprint density at radius 1 is 1.09 bits per heavy atom. The maximum atomic E-state index is 13.0. The van der Waals surface area contributed by atoms with Gasteiger partial charge in [0.1, 0.15) is 0 Å². The Hall–Kier alpha value is -3.65. The molecule has 1 amide bonds. The van der Waals surface area contributed by atoms with Gasteiger partial charge in [-0.2, -0.15) is 9.50 Å². The first kappa shape index (κ1) is 22.5. The molecule has 0 saturated heterocycles. The van der Waals surface area contributed by atoms with E-state index in [0.29, 0.717) is 34.5 Å². The molecule has 3 N–H and O–H groups in total. The van der Waals surface area contributed by atoms with Crippen molar-refractivity contribution < 1.29 is 4.79 Å². The van der Waals surface area contributed by atoms with Crippen molar-refractivity contribution in [2.75, 3.05) is 10.6 Å². The topological polar surface area (TPSA) is 104 Å². The monoisotopic (exact) mass is 464 g/mol. The molecular formula is C24H25ClN6O2. The van der Waals surface area contributed by atoms with Gasteiger partial charge in [0.25, 0.3) is 11.3 Å². The Balaban J connectivity index is 1.45.